The molecule has 2 amide bonds. The smallest absolute Gasteiger partial charge is 0.228 e. The first kappa shape index (κ1) is 17.7. The zero-order valence-electron chi connectivity index (χ0n) is 15.5. The number of carbonyl (C=O) groups is 2. The lowest BCUT2D eigenvalue weighted by Gasteiger charge is -2.36. The molecule has 0 spiro atoms. The summed E-state index contributed by atoms with van der Waals surface area (Å²) >= 11 is 0. The van der Waals surface area contributed by atoms with E-state index in [9.17, 15) is 9.59 Å². The third-order valence-corrected chi connectivity index (χ3v) is 5.69. The van der Waals surface area contributed by atoms with Gasteiger partial charge in [-0.2, -0.15) is 0 Å². The number of hydrogen-bond donors (Lipinski definition) is 0. The number of piperidine rings is 1. The van der Waals surface area contributed by atoms with Crippen molar-refractivity contribution in [1.29, 1.82) is 0 Å². The Balaban J connectivity index is 1.42. The van der Waals surface area contributed by atoms with Gasteiger partial charge in [0.2, 0.25) is 11.8 Å². The van der Waals surface area contributed by atoms with Gasteiger partial charge >= 0.3 is 0 Å². The normalized spacial score (nSPS) is 22.0. The summed E-state index contributed by atoms with van der Waals surface area (Å²) in [6.07, 6.45) is 6.59. The van der Waals surface area contributed by atoms with Crippen LogP contribution in [-0.4, -0.2) is 45.7 Å². The van der Waals surface area contributed by atoms with E-state index in [4.69, 9.17) is 0 Å². The molecule has 0 saturated carbocycles. The average Bonchev–Trinajstić information content (AvgIpc) is 3.00. The van der Waals surface area contributed by atoms with E-state index in [1.54, 1.807) is 6.20 Å². The van der Waals surface area contributed by atoms with Crippen LogP contribution < -0.4 is 0 Å². The van der Waals surface area contributed by atoms with Crippen molar-refractivity contribution < 1.29 is 9.59 Å². The Morgan fingerprint density at radius 2 is 1.85 bits per heavy atom. The Kier molecular flexibility index (Phi) is 5.19. The zero-order valence-corrected chi connectivity index (χ0v) is 15.5. The second kappa shape index (κ2) is 7.91. The number of fused-ring (bicyclic) bond motifs is 4. The molecule has 0 radical (unpaired) electrons. The van der Waals surface area contributed by atoms with Crippen molar-refractivity contribution in [3.05, 3.63) is 66.0 Å². The number of carbonyl (C=O) groups excluding carboxylic acids is 2. The molecule has 1 aromatic carbocycles. The Bertz CT molecular complexity index is 794. The summed E-state index contributed by atoms with van der Waals surface area (Å²) in [5, 5.41) is 0. The summed E-state index contributed by atoms with van der Waals surface area (Å²) in [5.41, 5.74) is 2.22. The lowest BCUT2D eigenvalue weighted by molar-refractivity contribution is -0.140. The van der Waals surface area contributed by atoms with Crippen molar-refractivity contribution in [3.63, 3.8) is 0 Å². The van der Waals surface area contributed by atoms with Crippen molar-refractivity contribution in [2.24, 2.45) is 5.92 Å². The molecule has 0 N–H and O–H groups in total. The van der Waals surface area contributed by atoms with Crippen molar-refractivity contribution in [2.75, 3.05) is 13.1 Å². The van der Waals surface area contributed by atoms with Gasteiger partial charge in [-0.1, -0.05) is 36.4 Å². The number of benzene rings is 1. The largest absolute Gasteiger partial charge is 0.340 e. The molecular formula is C22H25N3O2. The molecule has 5 nitrogen and oxygen atoms in total. The number of nitrogens with zero attached hydrogens (tertiary/aromatic N) is 3. The lowest BCUT2D eigenvalue weighted by atomic mass is 9.93. The minimum Gasteiger partial charge on any atom is -0.340 e. The van der Waals surface area contributed by atoms with E-state index in [1.165, 1.54) is 0 Å². The topological polar surface area (TPSA) is 53.5 Å². The second-order valence-electron chi connectivity index (χ2n) is 7.54. The van der Waals surface area contributed by atoms with Crippen LogP contribution in [0.5, 0.6) is 0 Å². The molecule has 4 heterocycles. The van der Waals surface area contributed by atoms with Gasteiger partial charge in [-0.25, -0.2) is 0 Å². The Morgan fingerprint density at radius 3 is 2.63 bits per heavy atom. The summed E-state index contributed by atoms with van der Waals surface area (Å²) in [6.45, 7) is 1.85. The third-order valence-electron chi connectivity index (χ3n) is 5.69. The maximum absolute atomic E-state index is 12.9. The summed E-state index contributed by atoms with van der Waals surface area (Å²) < 4.78 is 0. The first-order valence-corrected chi connectivity index (χ1v) is 9.72. The number of amides is 2. The molecule has 140 valence electrons. The standard InChI is InChI=1S/C22H25N3O2/c26-21(11-8-17-7-4-12-23-13-17)24-15-19-9-10-20(16-24)25(22(19)27)14-18-5-2-1-3-6-18/h1-7,12-13,19-20H,8-11,14-16H2. The molecule has 2 atom stereocenters. The fraction of sp³-hybridized carbons (Fsp3) is 0.409. The summed E-state index contributed by atoms with van der Waals surface area (Å²) in [4.78, 5) is 33.8. The number of hydrogen-bond acceptors (Lipinski definition) is 3. The number of aromatic nitrogens is 1. The van der Waals surface area contributed by atoms with Gasteiger partial charge in [-0.3, -0.25) is 14.6 Å². The molecule has 3 saturated heterocycles. The monoisotopic (exact) mass is 363 g/mol. The minimum absolute atomic E-state index is 0.0604. The second-order valence-corrected chi connectivity index (χ2v) is 7.54. The van der Waals surface area contributed by atoms with Gasteiger partial charge < -0.3 is 9.80 Å². The molecule has 27 heavy (non-hydrogen) atoms. The molecule has 3 aliphatic rings. The highest BCUT2D eigenvalue weighted by molar-refractivity contribution is 5.83. The van der Waals surface area contributed by atoms with E-state index in [-0.39, 0.29) is 23.8 Å². The summed E-state index contributed by atoms with van der Waals surface area (Å²) in [6, 6.07) is 14.1. The SMILES string of the molecule is O=C(CCc1cccnc1)N1CC2CCC(C1)N(Cc1ccccc1)C2=O. The van der Waals surface area contributed by atoms with E-state index >= 15 is 0 Å². The van der Waals surface area contributed by atoms with Gasteiger partial charge in [0.25, 0.3) is 0 Å². The van der Waals surface area contributed by atoms with Crippen LogP contribution in [0.1, 0.15) is 30.4 Å². The zero-order chi connectivity index (χ0) is 18.6. The fourth-order valence-corrected chi connectivity index (χ4v) is 4.19. The van der Waals surface area contributed by atoms with Crippen LogP contribution in [-0.2, 0) is 22.6 Å². The van der Waals surface area contributed by atoms with Crippen molar-refractivity contribution in [2.45, 2.75) is 38.3 Å². The molecule has 5 rings (SSSR count). The number of pyridine rings is 1. The van der Waals surface area contributed by atoms with E-state index in [1.807, 2.05) is 46.3 Å². The highest BCUT2D eigenvalue weighted by Crippen LogP contribution is 2.30. The van der Waals surface area contributed by atoms with Gasteiger partial charge in [-0.15, -0.1) is 0 Å². The quantitative estimate of drug-likeness (QED) is 0.821. The molecule has 3 fully saturated rings. The molecule has 2 bridgehead atoms. The maximum atomic E-state index is 12.9. The van der Waals surface area contributed by atoms with E-state index in [2.05, 4.69) is 17.1 Å². The number of rotatable bonds is 5. The fourth-order valence-electron chi connectivity index (χ4n) is 4.19. The molecule has 2 unspecified atom stereocenters. The molecule has 2 aromatic rings. The van der Waals surface area contributed by atoms with Crippen LogP contribution in [0.2, 0.25) is 0 Å². The number of aryl methyl sites for hydroxylation is 1. The van der Waals surface area contributed by atoms with Crippen molar-refractivity contribution >= 4 is 11.8 Å². The Morgan fingerprint density at radius 1 is 1.04 bits per heavy atom. The molecule has 0 aliphatic carbocycles. The predicted molar refractivity (Wildman–Crippen MR) is 103 cm³/mol. The van der Waals surface area contributed by atoms with Crippen LogP contribution in [0.3, 0.4) is 0 Å². The van der Waals surface area contributed by atoms with Crippen LogP contribution in [0.4, 0.5) is 0 Å². The van der Waals surface area contributed by atoms with E-state index in [0.717, 1.165) is 24.0 Å². The van der Waals surface area contributed by atoms with Crippen LogP contribution in [0.25, 0.3) is 0 Å². The van der Waals surface area contributed by atoms with Gasteiger partial charge in [0.05, 0.1) is 5.92 Å². The average molecular weight is 363 g/mol. The maximum Gasteiger partial charge on any atom is 0.228 e. The van der Waals surface area contributed by atoms with Crippen molar-refractivity contribution in [3.8, 4) is 0 Å². The minimum atomic E-state index is -0.0604. The predicted octanol–water partition coefficient (Wildman–Crippen LogP) is 2.66. The summed E-state index contributed by atoms with van der Waals surface area (Å²) in [7, 11) is 0. The summed E-state index contributed by atoms with van der Waals surface area (Å²) in [5.74, 6) is 0.289. The first-order chi connectivity index (χ1) is 13.2. The van der Waals surface area contributed by atoms with Gasteiger partial charge in [0.15, 0.2) is 0 Å². The van der Waals surface area contributed by atoms with Gasteiger partial charge in [0, 0.05) is 44.5 Å². The molecule has 1 aromatic heterocycles. The first-order valence-electron chi connectivity index (χ1n) is 9.72. The molecule has 5 heteroatoms. The van der Waals surface area contributed by atoms with Gasteiger partial charge in [0.1, 0.15) is 0 Å². The van der Waals surface area contributed by atoms with Crippen molar-refractivity contribution in [1.82, 2.24) is 14.8 Å². The highest BCUT2D eigenvalue weighted by Gasteiger charge is 2.41. The van der Waals surface area contributed by atoms with E-state index < -0.39 is 0 Å². The van der Waals surface area contributed by atoms with Crippen LogP contribution in [0.15, 0.2) is 54.9 Å². The third kappa shape index (κ3) is 4.02. The van der Waals surface area contributed by atoms with Crippen LogP contribution >= 0.6 is 0 Å². The van der Waals surface area contributed by atoms with Crippen LogP contribution in [0, 0.1) is 5.92 Å². The Hall–Kier alpha value is -2.69. The van der Waals surface area contributed by atoms with Gasteiger partial charge in [-0.05, 0) is 36.5 Å². The highest BCUT2D eigenvalue weighted by atomic mass is 16.2. The molecular weight excluding hydrogens is 338 g/mol. The Labute approximate surface area is 160 Å². The van der Waals surface area contributed by atoms with E-state index in [0.29, 0.717) is 32.5 Å². The lowest BCUT2D eigenvalue weighted by Crippen LogP contribution is -2.47. The molecule has 3 aliphatic heterocycles.